The number of nitrogens with zero attached hydrogens (tertiary/aromatic N) is 1. The van der Waals surface area contributed by atoms with E-state index in [0.717, 1.165) is 43.0 Å². The van der Waals surface area contributed by atoms with Gasteiger partial charge in [-0.2, -0.15) is 0 Å². The number of pyridine rings is 1. The Morgan fingerprint density at radius 1 is 1.48 bits per heavy atom. The van der Waals surface area contributed by atoms with Crippen LogP contribution in [-0.2, 0) is 11.2 Å². The van der Waals surface area contributed by atoms with Crippen LogP contribution in [0.1, 0.15) is 45.1 Å². The van der Waals surface area contributed by atoms with Crippen molar-refractivity contribution in [2.45, 2.75) is 57.6 Å². The van der Waals surface area contributed by atoms with E-state index in [9.17, 15) is 0 Å². The summed E-state index contributed by atoms with van der Waals surface area (Å²) in [6, 6.07) is 2.16. The van der Waals surface area contributed by atoms with E-state index in [1.165, 1.54) is 12.8 Å². The van der Waals surface area contributed by atoms with Crippen LogP contribution in [-0.4, -0.2) is 30.3 Å². The van der Waals surface area contributed by atoms with Gasteiger partial charge in [0.25, 0.3) is 0 Å². The van der Waals surface area contributed by atoms with Crippen LogP contribution >= 0.6 is 0 Å². The van der Waals surface area contributed by atoms with Gasteiger partial charge in [-0.05, 0) is 56.2 Å². The van der Waals surface area contributed by atoms with Gasteiger partial charge < -0.3 is 15.8 Å². The summed E-state index contributed by atoms with van der Waals surface area (Å²) in [5.41, 5.74) is 7.95. The summed E-state index contributed by atoms with van der Waals surface area (Å²) < 4.78 is 6.03. The topological polar surface area (TPSA) is 60.2 Å². The molecule has 2 rings (SSSR count). The third-order valence-corrected chi connectivity index (χ3v) is 4.98. The standard InChI is InChI=1S/C17H29N3O/c1-4-20-16(11-14-12-19-10-7-15(14)18)17(21-3)8-5-13(2)6-9-17/h7,10,12-13,16,20H,4-6,8-9,11H2,1-3H3,(H2,18,19). The van der Waals surface area contributed by atoms with Gasteiger partial charge in [0, 0.05) is 31.2 Å². The van der Waals surface area contributed by atoms with Crippen LogP contribution in [0.15, 0.2) is 18.5 Å². The summed E-state index contributed by atoms with van der Waals surface area (Å²) >= 11 is 0. The quantitative estimate of drug-likeness (QED) is 0.846. The minimum Gasteiger partial charge on any atom is -0.398 e. The van der Waals surface area contributed by atoms with E-state index >= 15 is 0 Å². The highest BCUT2D eigenvalue weighted by Gasteiger charge is 2.41. The molecule has 1 fully saturated rings. The maximum atomic E-state index is 6.09. The van der Waals surface area contributed by atoms with Crippen molar-refractivity contribution in [2.75, 3.05) is 19.4 Å². The molecule has 1 atom stereocenters. The molecule has 1 aliphatic rings. The minimum atomic E-state index is -0.0786. The number of anilines is 1. The number of nitrogen functional groups attached to an aromatic ring is 1. The Bertz CT molecular complexity index is 441. The van der Waals surface area contributed by atoms with Crippen molar-refractivity contribution in [3.63, 3.8) is 0 Å². The molecule has 0 aromatic carbocycles. The van der Waals surface area contributed by atoms with Crippen LogP contribution in [0.3, 0.4) is 0 Å². The van der Waals surface area contributed by atoms with E-state index in [1.54, 1.807) is 6.20 Å². The second-order valence-corrected chi connectivity index (χ2v) is 6.34. The first-order valence-electron chi connectivity index (χ1n) is 8.08. The van der Waals surface area contributed by atoms with Gasteiger partial charge in [-0.25, -0.2) is 0 Å². The highest BCUT2D eigenvalue weighted by atomic mass is 16.5. The zero-order valence-corrected chi connectivity index (χ0v) is 13.6. The number of nitrogens with one attached hydrogen (secondary N) is 1. The van der Waals surface area contributed by atoms with E-state index in [4.69, 9.17) is 10.5 Å². The maximum Gasteiger partial charge on any atom is 0.0834 e. The number of ether oxygens (including phenoxy) is 1. The molecule has 4 heteroatoms. The van der Waals surface area contributed by atoms with Crippen LogP contribution < -0.4 is 11.1 Å². The highest BCUT2D eigenvalue weighted by molar-refractivity contribution is 5.44. The summed E-state index contributed by atoms with van der Waals surface area (Å²) in [7, 11) is 1.85. The van der Waals surface area contributed by atoms with Crippen molar-refractivity contribution in [3.8, 4) is 0 Å². The van der Waals surface area contributed by atoms with E-state index in [0.29, 0.717) is 0 Å². The number of aromatic nitrogens is 1. The summed E-state index contributed by atoms with van der Waals surface area (Å²) in [4.78, 5) is 4.22. The molecular formula is C17H29N3O. The fourth-order valence-electron chi connectivity index (χ4n) is 3.46. The van der Waals surface area contributed by atoms with E-state index in [2.05, 4.69) is 24.1 Å². The highest BCUT2D eigenvalue weighted by Crippen LogP contribution is 2.38. The van der Waals surface area contributed by atoms with Crippen LogP contribution in [0.2, 0.25) is 0 Å². The van der Waals surface area contributed by atoms with E-state index in [1.807, 2.05) is 19.4 Å². The van der Waals surface area contributed by atoms with Crippen LogP contribution in [0.4, 0.5) is 5.69 Å². The van der Waals surface area contributed by atoms with Crippen molar-refractivity contribution in [1.29, 1.82) is 0 Å². The van der Waals surface area contributed by atoms with Crippen molar-refractivity contribution in [2.24, 2.45) is 5.92 Å². The first-order chi connectivity index (χ1) is 10.1. The SMILES string of the molecule is CCNC(Cc1cnccc1N)C1(OC)CCC(C)CC1. The smallest absolute Gasteiger partial charge is 0.0834 e. The number of nitrogens with two attached hydrogens (primary N) is 1. The first kappa shape index (κ1) is 16.2. The van der Waals surface area contributed by atoms with Crippen LogP contribution in [0.5, 0.6) is 0 Å². The van der Waals surface area contributed by atoms with Crippen LogP contribution in [0.25, 0.3) is 0 Å². The molecule has 1 saturated carbocycles. The number of methoxy groups -OCH3 is 1. The number of hydrogen-bond acceptors (Lipinski definition) is 4. The lowest BCUT2D eigenvalue weighted by Gasteiger charge is -2.44. The lowest BCUT2D eigenvalue weighted by atomic mass is 9.73. The predicted molar refractivity (Wildman–Crippen MR) is 87.2 cm³/mol. The molecule has 1 aromatic rings. The molecule has 1 aromatic heterocycles. The Kier molecular flexibility index (Phi) is 5.59. The Hall–Kier alpha value is -1.13. The van der Waals surface area contributed by atoms with E-state index in [-0.39, 0.29) is 11.6 Å². The molecule has 1 aliphatic carbocycles. The van der Waals surface area contributed by atoms with Gasteiger partial charge in [0.2, 0.25) is 0 Å². The van der Waals surface area contributed by atoms with Gasteiger partial charge in [-0.1, -0.05) is 13.8 Å². The normalized spacial score (nSPS) is 27.5. The third-order valence-electron chi connectivity index (χ3n) is 4.98. The summed E-state index contributed by atoms with van der Waals surface area (Å²) in [5, 5.41) is 3.63. The molecule has 0 radical (unpaired) electrons. The molecule has 1 heterocycles. The fourth-order valence-corrected chi connectivity index (χ4v) is 3.46. The lowest BCUT2D eigenvalue weighted by Crippen LogP contribution is -2.55. The average molecular weight is 291 g/mol. The van der Waals surface area contributed by atoms with Crippen molar-refractivity contribution >= 4 is 5.69 Å². The molecule has 0 saturated heterocycles. The van der Waals surface area contributed by atoms with E-state index < -0.39 is 0 Å². The second-order valence-electron chi connectivity index (χ2n) is 6.34. The molecule has 21 heavy (non-hydrogen) atoms. The Balaban J connectivity index is 2.18. The third kappa shape index (κ3) is 3.74. The molecule has 0 bridgehead atoms. The number of hydrogen-bond donors (Lipinski definition) is 2. The van der Waals surface area contributed by atoms with Crippen molar-refractivity contribution in [1.82, 2.24) is 10.3 Å². The number of rotatable bonds is 6. The van der Waals surface area contributed by atoms with Gasteiger partial charge in [0.1, 0.15) is 0 Å². The Morgan fingerprint density at radius 3 is 2.76 bits per heavy atom. The molecule has 0 spiro atoms. The molecule has 1 unspecified atom stereocenters. The zero-order chi connectivity index (χ0) is 15.3. The van der Waals surface area contributed by atoms with Gasteiger partial charge in [-0.15, -0.1) is 0 Å². The molecular weight excluding hydrogens is 262 g/mol. The second kappa shape index (κ2) is 7.23. The first-order valence-corrected chi connectivity index (χ1v) is 8.08. The summed E-state index contributed by atoms with van der Waals surface area (Å²) in [6.45, 7) is 5.42. The summed E-state index contributed by atoms with van der Waals surface area (Å²) in [6.07, 6.45) is 9.20. The van der Waals surface area contributed by atoms with Crippen molar-refractivity contribution in [3.05, 3.63) is 24.0 Å². The van der Waals surface area contributed by atoms with Gasteiger partial charge in [-0.3, -0.25) is 4.98 Å². The molecule has 0 aliphatic heterocycles. The van der Waals surface area contributed by atoms with Gasteiger partial charge in [0.05, 0.1) is 5.60 Å². The lowest BCUT2D eigenvalue weighted by molar-refractivity contribution is -0.0742. The minimum absolute atomic E-state index is 0.0786. The fraction of sp³-hybridized carbons (Fsp3) is 0.706. The Labute approximate surface area is 128 Å². The summed E-state index contributed by atoms with van der Waals surface area (Å²) in [5.74, 6) is 0.805. The van der Waals surface area contributed by atoms with Gasteiger partial charge in [0.15, 0.2) is 0 Å². The molecule has 0 amide bonds. The molecule has 3 N–H and O–H groups in total. The zero-order valence-electron chi connectivity index (χ0n) is 13.6. The van der Waals surface area contributed by atoms with Gasteiger partial charge >= 0.3 is 0 Å². The maximum absolute atomic E-state index is 6.09. The monoisotopic (exact) mass is 291 g/mol. The largest absolute Gasteiger partial charge is 0.398 e. The number of likely N-dealkylation sites (N-methyl/N-ethyl adjacent to an activating group) is 1. The van der Waals surface area contributed by atoms with Crippen LogP contribution in [0, 0.1) is 5.92 Å². The molecule has 118 valence electrons. The Morgan fingerprint density at radius 2 is 2.19 bits per heavy atom. The molecule has 4 nitrogen and oxygen atoms in total. The average Bonchev–Trinajstić information content (AvgIpc) is 2.50. The predicted octanol–water partition coefficient (Wildman–Crippen LogP) is 2.78. The van der Waals surface area contributed by atoms with Crippen molar-refractivity contribution < 1.29 is 4.74 Å².